The molecule has 0 aliphatic heterocycles. The molecule has 1 rings (SSSR count). The third-order valence-corrected chi connectivity index (χ3v) is 1.91. The number of benzene rings is 1. The van der Waals surface area contributed by atoms with Crippen molar-refractivity contribution >= 4 is 10.1 Å². The number of halogens is 1. The fourth-order valence-corrected chi connectivity index (χ4v) is 1.09. The van der Waals surface area contributed by atoms with E-state index in [4.69, 9.17) is 4.55 Å². The van der Waals surface area contributed by atoms with Crippen molar-refractivity contribution in [2.45, 2.75) is 4.90 Å². The first-order valence-corrected chi connectivity index (χ1v) is 4.07. The van der Waals surface area contributed by atoms with Gasteiger partial charge in [0.2, 0.25) is 0 Å². The van der Waals surface area contributed by atoms with Crippen LogP contribution < -0.4 is 75.4 Å². The van der Waals surface area contributed by atoms with Crippen LogP contribution in [-0.4, -0.2) is 13.0 Å². The Labute approximate surface area is 131 Å². The topological polar surface area (TPSA) is 54.4 Å². The first kappa shape index (κ1) is 15.9. The van der Waals surface area contributed by atoms with Crippen molar-refractivity contribution in [1.82, 2.24) is 0 Å². The Morgan fingerprint density at radius 2 is 1.50 bits per heavy atom. The summed E-state index contributed by atoms with van der Waals surface area (Å²) in [4.78, 5) is -0.0741. The van der Waals surface area contributed by atoms with Gasteiger partial charge in [-0.3, -0.25) is 4.55 Å². The van der Waals surface area contributed by atoms with Crippen LogP contribution in [0.4, 0.5) is 0 Å². The van der Waals surface area contributed by atoms with Crippen LogP contribution in [0.1, 0.15) is 0 Å². The summed E-state index contributed by atoms with van der Waals surface area (Å²) >= 11 is 0. The van der Waals surface area contributed by atoms with Gasteiger partial charge in [-0.25, -0.2) is 0 Å². The van der Waals surface area contributed by atoms with E-state index in [9.17, 15) is 8.42 Å². The molecule has 0 bridgehead atoms. The summed E-state index contributed by atoms with van der Waals surface area (Å²) in [5, 5.41) is 0. The minimum Gasteiger partial charge on any atom is -1.00 e. The summed E-state index contributed by atoms with van der Waals surface area (Å²) in [6, 6.07) is 7.42. The molecular formula is C6H6IKO3S. The average Bonchev–Trinajstić information content (AvgIpc) is 1.88. The molecule has 1 aromatic rings. The molecule has 0 saturated heterocycles. The third kappa shape index (κ3) is 5.27. The van der Waals surface area contributed by atoms with E-state index in [1.54, 1.807) is 18.2 Å². The number of hydrogen-bond donors (Lipinski definition) is 1. The van der Waals surface area contributed by atoms with Crippen LogP contribution >= 0.6 is 0 Å². The predicted molar refractivity (Wildman–Crippen MR) is 36.3 cm³/mol. The zero-order chi connectivity index (χ0) is 7.61. The van der Waals surface area contributed by atoms with Gasteiger partial charge in [-0.05, 0) is 12.1 Å². The molecule has 1 aromatic carbocycles. The Morgan fingerprint density at radius 1 is 1.08 bits per heavy atom. The van der Waals surface area contributed by atoms with Gasteiger partial charge in [-0.1, -0.05) is 18.2 Å². The van der Waals surface area contributed by atoms with Gasteiger partial charge in [0.05, 0.1) is 4.90 Å². The maximum Gasteiger partial charge on any atom is 1.00 e. The molecule has 0 saturated carbocycles. The van der Waals surface area contributed by atoms with Gasteiger partial charge in [-0.15, -0.1) is 0 Å². The summed E-state index contributed by atoms with van der Waals surface area (Å²) in [6.07, 6.45) is 0. The summed E-state index contributed by atoms with van der Waals surface area (Å²) in [6.45, 7) is 0. The molecule has 1 N–H and O–H groups in total. The molecule has 0 amide bonds. The molecule has 3 nitrogen and oxygen atoms in total. The van der Waals surface area contributed by atoms with Crippen LogP contribution in [0.3, 0.4) is 0 Å². The van der Waals surface area contributed by atoms with Crippen molar-refractivity contribution in [3.8, 4) is 0 Å². The van der Waals surface area contributed by atoms with Crippen molar-refractivity contribution in [3.05, 3.63) is 30.3 Å². The van der Waals surface area contributed by atoms with E-state index < -0.39 is 10.1 Å². The molecule has 0 fully saturated rings. The van der Waals surface area contributed by atoms with E-state index in [0.29, 0.717) is 0 Å². The molecule has 0 aliphatic rings. The Bertz CT molecular complexity index is 311. The smallest absolute Gasteiger partial charge is 1.00 e. The van der Waals surface area contributed by atoms with E-state index in [0.717, 1.165) is 0 Å². The first-order valence-electron chi connectivity index (χ1n) is 2.63. The van der Waals surface area contributed by atoms with Crippen molar-refractivity contribution in [2.24, 2.45) is 0 Å². The fraction of sp³-hybridized carbons (Fsp3) is 0. The van der Waals surface area contributed by atoms with Gasteiger partial charge in [0.25, 0.3) is 10.1 Å². The van der Waals surface area contributed by atoms with Crippen molar-refractivity contribution < 1.29 is 88.3 Å². The van der Waals surface area contributed by atoms with E-state index >= 15 is 0 Å². The minimum atomic E-state index is -4.00. The first-order chi connectivity index (χ1) is 4.61. The average molecular weight is 324 g/mol. The van der Waals surface area contributed by atoms with E-state index in [-0.39, 0.29) is 80.3 Å². The maximum atomic E-state index is 10.4. The number of hydrogen-bond acceptors (Lipinski definition) is 2. The zero-order valence-corrected chi connectivity index (χ0v) is 12.5. The zero-order valence-electron chi connectivity index (χ0n) is 6.44. The Hall–Kier alpha value is 1.50. The standard InChI is InChI=1S/C6H6O3S.HI.K/c7-10(8,9)6-4-2-1-3-5-6;;/h1-5H,(H,7,8,9);1H;/q;;+1/p-1. The summed E-state index contributed by atoms with van der Waals surface area (Å²) in [7, 11) is -4.00. The van der Waals surface area contributed by atoms with Crippen LogP contribution in [0.15, 0.2) is 35.2 Å². The van der Waals surface area contributed by atoms with Gasteiger partial charge in [-0.2, -0.15) is 8.42 Å². The molecule has 0 radical (unpaired) electrons. The van der Waals surface area contributed by atoms with Crippen LogP contribution in [-0.2, 0) is 10.1 Å². The van der Waals surface area contributed by atoms with Gasteiger partial charge in [0.1, 0.15) is 0 Å². The molecule has 0 aromatic heterocycles. The van der Waals surface area contributed by atoms with Crippen molar-refractivity contribution in [2.75, 3.05) is 0 Å². The maximum absolute atomic E-state index is 10.4. The predicted octanol–water partition coefficient (Wildman–Crippen LogP) is -5.06. The van der Waals surface area contributed by atoms with Crippen LogP contribution in [0, 0.1) is 0 Å². The Morgan fingerprint density at radius 3 is 1.75 bits per heavy atom. The Kier molecular flexibility index (Phi) is 9.14. The van der Waals surface area contributed by atoms with Gasteiger partial charge in [0, 0.05) is 0 Å². The Balaban J connectivity index is 0. The molecule has 0 heterocycles. The fourth-order valence-electron chi connectivity index (χ4n) is 0.592. The van der Waals surface area contributed by atoms with Gasteiger partial charge < -0.3 is 24.0 Å². The van der Waals surface area contributed by atoms with Crippen molar-refractivity contribution in [1.29, 1.82) is 0 Å². The second-order valence-electron chi connectivity index (χ2n) is 1.79. The molecule has 62 valence electrons. The van der Waals surface area contributed by atoms with Crippen LogP contribution in [0.5, 0.6) is 0 Å². The van der Waals surface area contributed by atoms with Crippen LogP contribution in [0.25, 0.3) is 0 Å². The molecule has 0 unspecified atom stereocenters. The largest absolute Gasteiger partial charge is 1.00 e. The molecule has 0 aliphatic carbocycles. The van der Waals surface area contributed by atoms with Gasteiger partial charge in [0.15, 0.2) is 0 Å². The summed E-state index contributed by atoms with van der Waals surface area (Å²) < 4.78 is 29.2. The number of rotatable bonds is 1. The molecule has 12 heavy (non-hydrogen) atoms. The van der Waals surface area contributed by atoms with E-state index in [2.05, 4.69) is 0 Å². The quantitative estimate of drug-likeness (QED) is 0.320. The summed E-state index contributed by atoms with van der Waals surface area (Å²) in [5.41, 5.74) is 0. The summed E-state index contributed by atoms with van der Waals surface area (Å²) in [5.74, 6) is 0. The molecular weight excluding hydrogens is 318 g/mol. The van der Waals surface area contributed by atoms with Crippen LogP contribution in [0.2, 0.25) is 0 Å². The van der Waals surface area contributed by atoms with E-state index in [1.807, 2.05) is 0 Å². The SMILES string of the molecule is O=S(=O)(O)c1ccccc1.[I-].[K+]. The second-order valence-corrected chi connectivity index (χ2v) is 3.21. The third-order valence-electron chi connectivity index (χ3n) is 1.04. The van der Waals surface area contributed by atoms with E-state index in [1.165, 1.54) is 12.1 Å². The minimum absolute atomic E-state index is 0. The van der Waals surface area contributed by atoms with Gasteiger partial charge >= 0.3 is 51.4 Å². The molecule has 0 atom stereocenters. The molecule has 6 heteroatoms. The monoisotopic (exact) mass is 324 g/mol. The second kappa shape index (κ2) is 6.88. The van der Waals surface area contributed by atoms with Crippen molar-refractivity contribution in [3.63, 3.8) is 0 Å². The normalized spacial score (nSPS) is 9.42. The molecule has 0 spiro atoms.